The van der Waals surface area contributed by atoms with Gasteiger partial charge in [0, 0.05) is 6.42 Å². The highest BCUT2D eigenvalue weighted by atomic mass is 17.1. The van der Waals surface area contributed by atoms with Gasteiger partial charge in [0.2, 0.25) is 5.95 Å². The summed E-state index contributed by atoms with van der Waals surface area (Å²) in [6.07, 6.45) is -0.852. The Kier molecular flexibility index (Phi) is 3.33. The van der Waals surface area contributed by atoms with Gasteiger partial charge >= 0.3 is 5.69 Å². The molecule has 94 valence electrons. The molecule has 9 heteroatoms. The number of hydrogen-bond acceptors (Lipinski definition) is 8. The van der Waals surface area contributed by atoms with Crippen molar-refractivity contribution in [1.29, 1.82) is 0 Å². The van der Waals surface area contributed by atoms with Gasteiger partial charge in [0.25, 0.3) is 0 Å². The molecular formula is C8H12N4O5. The van der Waals surface area contributed by atoms with Gasteiger partial charge in [-0.15, -0.1) is 0 Å². The van der Waals surface area contributed by atoms with Crippen LogP contribution < -0.4 is 11.4 Å². The third-order valence-electron chi connectivity index (χ3n) is 2.50. The Balaban J connectivity index is 2.17. The Morgan fingerprint density at radius 2 is 2.47 bits per heavy atom. The molecule has 0 unspecified atom stereocenters. The van der Waals surface area contributed by atoms with E-state index in [1.165, 1.54) is 6.33 Å². The number of ether oxygens (including phenoxy) is 1. The average molecular weight is 244 g/mol. The summed E-state index contributed by atoms with van der Waals surface area (Å²) in [6.45, 7) is -0.178. The second-order valence-corrected chi connectivity index (χ2v) is 3.63. The van der Waals surface area contributed by atoms with Gasteiger partial charge in [-0.3, -0.25) is 9.82 Å². The van der Waals surface area contributed by atoms with Crippen molar-refractivity contribution in [3.05, 3.63) is 16.8 Å². The van der Waals surface area contributed by atoms with Crippen LogP contribution in [0.2, 0.25) is 0 Å². The molecule has 1 fully saturated rings. The van der Waals surface area contributed by atoms with Crippen molar-refractivity contribution in [2.75, 3.05) is 12.3 Å². The van der Waals surface area contributed by atoms with E-state index in [4.69, 9.17) is 15.7 Å². The first-order chi connectivity index (χ1) is 8.11. The van der Waals surface area contributed by atoms with Crippen LogP contribution in [0.25, 0.3) is 0 Å². The van der Waals surface area contributed by atoms with Crippen molar-refractivity contribution < 1.29 is 20.0 Å². The van der Waals surface area contributed by atoms with Gasteiger partial charge in [0.05, 0.1) is 6.10 Å². The maximum absolute atomic E-state index is 11.5. The van der Waals surface area contributed by atoms with Gasteiger partial charge in [-0.1, -0.05) is 0 Å². The van der Waals surface area contributed by atoms with E-state index in [1.807, 2.05) is 0 Å². The Hall–Kier alpha value is -1.55. The third-order valence-corrected chi connectivity index (χ3v) is 2.50. The molecule has 0 radical (unpaired) electrons. The first-order valence-electron chi connectivity index (χ1n) is 4.92. The average Bonchev–Trinajstić information content (AvgIpc) is 2.60. The lowest BCUT2D eigenvalue weighted by molar-refractivity contribution is -0.264. The first-order valence-corrected chi connectivity index (χ1v) is 4.92. The quantitative estimate of drug-likeness (QED) is 0.426. The number of aliphatic hydroxyl groups is 1. The highest BCUT2D eigenvalue weighted by molar-refractivity contribution is 5.09. The Bertz CT molecular complexity index is 450. The van der Waals surface area contributed by atoms with Crippen LogP contribution in [-0.2, 0) is 9.62 Å². The zero-order valence-electron chi connectivity index (χ0n) is 8.76. The number of anilines is 1. The molecule has 3 atom stereocenters. The van der Waals surface area contributed by atoms with E-state index < -0.39 is 24.1 Å². The highest BCUT2D eigenvalue weighted by Crippen LogP contribution is 2.27. The van der Waals surface area contributed by atoms with Crippen LogP contribution in [0.3, 0.4) is 0 Å². The predicted octanol–water partition coefficient (Wildman–Crippen LogP) is -1.64. The van der Waals surface area contributed by atoms with Gasteiger partial charge in [0.15, 0.2) is 0 Å². The summed E-state index contributed by atoms with van der Waals surface area (Å²) in [5.74, 6) is -0.125. The van der Waals surface area contributed by atoms with Crippen LogP contribution in [0.5, 0.6) is 0 Å². The molecule has 1 aliphatic heterocycles. The van der Waals surface area contributed by atoms with E-state index in [1.54, 1.807) is 0 Å². The van der Waals surface area contributed by atoms with E-state index in [9.17, 15) is 9.90 Å². The number of aromatic nitrogens is 3. The Labute approximate surface area is 95.4 Å². The Morgan fingerprint density at radius 3 is 3.12 bits per heavy atom. The second kappa shape index (κ2) is 4.75. The fourth-order valence-electron chi connectivity index (χ4n) is 1.66. The van der Waals surface area contributed by atoms with Gasteiger partial charge in [0.1, 0.15) is 25.3 Å². The number of nitrogen functional groups attached to an aromatic ring is 1. The van der Waals surface area contributed by atoms with E-state index in [0.29, 0.717) is 0 Å². The maximum atomic E-state index is 11.5. The summed E-state index contributed by atoms with van der Waals surface area (Å²) in [4.78, 5) is 22.5. The van der Waals surface area contributed by atoms with E-state index in [2.05, 4.69) is 14.9 Å². The zero-order chi connectivity index (χ0) is 12.4. The molecule has 4 N–H and O–H groups in total. The van der Waals surface area contributed by atoms with Crippen LogP contribution in [0.1, 0.15) is 12.6 Å². The number of nitrogens with two attached hydrogens (primary N) is 1. The van der Waals surface area contributed by atoms with Crippen LogP contribution in [-0.4, -0.2) is 43.7 Å². The smallest absolute Gasteiger partial charge is 0.354 e. The molecule has 0 aliphatic carbocycles. The van der Waals surface area contributed by atoms with Gasteiger partial charge in [-0.05, 0) is 0 Å². The summed E-state index contributed by atoms with van der Waals surface area (Å²) in [6, 6.07) is 0. The largest absolute Gasteiger partial charge is 0.390 e. The van der Waals surface area contributed by atoms with E-state index >= 15 is 0 Å². The molecule has 9 nitrogen and oxygen atoms in total. The minimum atomic E-state index is -0.836. The monoisotopic (exact) mass is 244 g/mol. The summed E-state index contributed by atoms with van der Waals surface area (Å²) in [5.41, 5.74) is 4.64. The van der Waals surface area contributed by atoms with Gasteiger partial charge in [-0.2, -0.15) is 4.98 Å². The maximum Gasteiger partial charge on any atom is 0.354 e. The fourth-order valence-corrected chi connectivity index (χ4v) is 1.66. The predicted molar refractivity (Wildman–Crippen MR) is 53.8 cm³/mol. The molecule has 0 bridgehead atoms. The minimum Gasteiger partial charge on any atom is -0.390 e. The highest BCUT2D eigenvalue weighted by Gasteiger charge is 2.35. The molecule has 1 saturated heterocycles. The molecule has 1 aromatic rings. The summed E-state index contributed by atoms with van der Waals surface area (Å²) < 4.78 is 6.45. The van der Waals surface area contributed by atoms with Crippen molar-refractivity contribution >= 4 is 5.95 Å². The molecule has 0 spiro atoms. The van der Waals surface area contributed by atoms with Crippen molar-refractivity contribution in [2.45, 2.75) is 24.9 Å². The Morgan fingerprint density at radius 1 is 1.71 bits per heavy atom. The van der Waals surface area contributed by atoms with Crippen LogP contribution in [0.4, 0.5) is 5.95 Å². The van der Waals surface area contributed by atoms with Gasteiger partial charge < -0.3 is 15.6 Å². The second-order valence-electron chi connectivity index (χ2n) is 3.63. The molecule has 0 saturated carbocycles. The lowest BCUT2D eigenvalue weighted by Gasteiger charge is -2.13. The molecule has 2 heterocycles. The molecule has 1 aromatic heterocycles. The molecule has 0 aromatic carbocycles. The topological polar surface area (TPSA) is 133 Å². The lowest BCUT2D eigenvalue weighted by Crippen LogP contribution is -2.29. The molecule has 0 amide bonds. The SMILES string of the molecule is Nc1ncn([C@H]2C[C@H](O)[C@@H](COO)O2)c(=O)n1. The van der Waals surface area contributed by atoms with Crippen LogP contribution in [0, 0.1) is 0 Å². The van der Waals surface area contributed by atoms with Crippen molar-refractivity contribution in [2.24, 2.45) is 0 Å². The van der Waals surface area contributed by atoms with E-state index in [-0.39, 0.29) is 19.0 Å². The number of aliphatic hydroxyl groups excluding tert-OH is 1. The van der Waals surface area contributed by atoms with Gasteiger partial charge in [-0.25, -0.2) is 14.7 Å². The van der Waals surface area contributed by atoms with Crippen LogP contribution in [0.15, 0.2) is 11.1 Å². The standard InChI is InChI=1S/C8H12N4O5/c9-7-10-3-12(8(14)11-7)6-1-4(13)5(17-6)2-16-15/h3-6,13,15H,1-2H2,(H2,9,11,14)/t4-,5+,6+/m0/s1. The van der Waals surface area contributed by atoms with Crippen molar-refractivity contribution in [3.8, 4) is 0 Å². The molecule has 1 aliphatic rings. The van der Waals surface area contributed by atoms with Crippen molar-refractivity contribution in [1.82, 2.24) is 14.5 Å². The van der Waals surface area contributed by atoms with Crippen molar-refractivity contribution in [3.63, 3.8) is 0 Å². The first kappa shape index (κ1) is 11.9. The summed E-state index contributed by atoms with van der Waals surface area (Å²) in [5, 5.41) is 17.9. The van der Waals surface area contributed by atoms with Crippen LogP contribution >= 0.6 is 0 Å². The van der Waals surface area contributed by atoms with E-state index in [0.717, 1.165) is 4.57 Å². The number of nitrogens with zero attached hydrogens (tertiary/aromatic N) is 3. The molecule has 2 rings (SSSR count). The zero-order valence-corrected chi connectivity index (χ0v) is 8.76. The summed E-state index contributed by atoms with van der Waals surface area (Å²) >= 11 is 0. The number of hydrogen-bond donors (Lipinski definition) is 3. The molecular weight excluding hydrogens is 232 g/mol. The minimum absolute atomic E-state index is 0.125. The number of rotatable bonds is 3. The lowest BCUT2D eigenvalue weighted by atomic mass is 10.2. The molecule has 17 heavy (non-hydrogen) atoms. The third kappa shape index (κ3) is 2.42. The normalized spacial score (nSPS) is 28.5. The fraction of sp³-hybridized carbons (Fsp3) is 0.625. The summed E-state index contributed by atoms with van der Waals surface area (Å²) in [7, 11) is 0.